The van der Waals surface area contributed by atoms with Crippen molar-refractivity contribution in [2.45, 2.75) is 31.8 Å². The van der Waals surface area contributed by atoms with Crippen molar-refractivity contribution >= 4 is 11.6 Å². The molecule has 2 rings (SSSR count). The molecule has 1 N–H and O–H groups in total. The van der Waals surface area contributed by atoms with E-state index in [1.165, 1.54) is 18.4 Å². The van der Waals surface area contributed by atoms with Gasteiger partial charge in [0, 0.05) is 17.1 Å². The van der Waals surface area contributed by atoms with Crippen molar-refractivity contribution < 1.29 is 0 Å². The summed E-state index contributed by atoms with van der Waals surface area (Å²) >= 11 is 5.83. The van der Waals surface area contributed by atoms with E-state index in [4.69, 9.17) is 11.6 Å². The number of hydrogen-bond donors (Lipinski definition) is 1. The second kappa shape index (κ2) is 3.69. The largest absolute Gasteiger partial charge is 0.307 e. The van der Waals surface area contributed by atoms with Gasteiger partial charge >= 0.3 is 0 Å². The molecule has 0 amide bonds. The number of halogens is 1. The van der Waals surface area contributed by atoms with Crippen LogP contribution in [0.2, 0.25) is 5.02 Å². The van der Waals surface area contributed by atoms with Crippen molar-refractivity contribution in [2.75, 3.05) is 0 Å². The molecular weight excluding hydrogens is 182 g/mol. The van der Waals surface area contributed by atoms with Gasteiger partial charge in [0.05, 0.1) is 0 Å². The van der Waals surface area contributed by atoms with Gasteiger partial charge in [0.2, 0.25) is 0 Å². The summed E-state index contributed by atoms with van der Waals surface area (Å²) in [6.45, 7) is 2.23. The van der Waals surface area contributed by atoms with Gasteiger partial charge in [-0.2, -0.15) is 0 Å². The first-order chi connectivity index (χ1) is 6.25. The van der Waals surface area contributed by atoms with Crippen LogP contribution < -0.4 is 5.32 Å². The van der Waals surface area contributed by atoms with E-state index >= 15 is 0 Å². The molecule has 0 aliphatic carbocycles. The first-order valence-electron chi connectivity index (χ1n) is 4.77. The Hall–Kier alpha value is -0.530. The predicted octanol–water partition coefficient (Wildman–Crippen LogP) is 3.15. The Morgan fingerprint density at radius 1 is 1.23 bits per heavy atom. The van der Waals surface area contributed by atoms with Crippen molar-refractivity contribution in [3.63, 3.8) is 0 Å². The van der Waals surface area contributed by atoms with Gasteiger partial charge in [0.25, 0.3) is 0 Å². The van der Waals surface area contributed by atoms with Crippen molar-refractivity contribution in [3.05, 3.63) is 34.9 Å². The highest BCUT2D eigenvalue weighted by molar-refractivity contribution is 6.30. The van der Waals surface area contributed by atoms with E-state index < -0.39 is 0 Å². The average molecular weight is 196 g/mol. The molecule has 2 heteroatoms. The monoisotopic (exact) mass is 195 g/mol. The highest BCUT2D eigenvalue weighted by Crippen LogP contribution is 2.26. The minimum Gasteiger partial charge on any atom is -0.307 e. The lowest BCUT2D eigenvalue weighted by Gasteiger charge is -2.11. The molecule has 0 bridgehead atoms. The molecule has 0 spiro atoms. The summed E-state index contributed by atoms with van der Waals surface area (Å²) in [4.78, 5) is 0. The third-order valence-corrected chi connectivity index (χ3v) is 2.90. The molecule has 2 atom stereocenters. The first-order valence-corrected chi connectivity index (χ1v) is 5.15. The highest BCUT2D eigenvalue weighted by atomic mass is 35.5. The van der Waals surface area contributed by atoms with Crippen LogP contribution in [-0.4, -0.2) is 6.04 Å². The molecule has 13 heavy (non-hydrogen) atoms. The Kier molecular flexibility index (Phi) is 2.56. The Bertz CT molecular complexity index is 281. The Morgan fingerprint density at radius 3 is 2.46 bits per heavy atom. The van der Waals surface area contributed by atoms with Crippen LogP contribution in [0.4, 0.5) is 0 Å². The van der Waals surface area contributed by atoms with Gasteiger partial charge in [-0.15, -0.1) is 0 Å². The second-order valence-corrected chi connectivity index (χ2v) is 4.19. The van der Waals surface area contributed by atoms with Gasteiger partial charge in [-0.05, 0) is 37.5 Å². The lowest BCUT2D eigenvalue weighted by molar-refractivity contribution is 0.585. The lowest BCUT2D eigenvalue weighted by Crippen LogP contribution is -2.20. The fourth-order valence-electron chi connectivity index (χ4n) is 1.88. The zero-order chi connectivity index (χ0) is 9.26. The predicted molar refractivity (Wildman–Crippen MR) is 56.0 cm³/mol. The van der Waals surface area contributed by atoms with E-state index in [0.29, 0.717) is 12.1 Å². The lowest BCUT2D eigenvalue weighted by atomic mass is 10.1. The SMILES string of the molecule is C[C@@H]1CC[C@@H](c2ccc(Cl)cc2)N1. The molecule has 0 unspecified atom stereocenters. The number of benzene rings is 1. The summed E-state index contributed by atoms with van der Waals surface area (Å²) < 4.78 is 0. The van der Waals surface area contributed by atoms with Crippen LogP contribution in [0.15, 0.2) is 24.3 Å². The van der Waals surface area contributed by atoms with Crippen LogP contribution in [-0.2, 0) is 0 Å². The standard InChI is InChI=1S/C11H14ClN/c1-8-2-7-11(13-8)9-3-5-10(12)6-4-9/h3-6,8,11,13H,2,7H2,1H3/t8-,11+/m1/s1. The van der Waals surface area contributed by atoms with Gasteiger partial charge in [-0.3, -0.25) is 0 Å². The summed E-state index contributed by atoms with van der Waals surface area (Å²) in [5.74, 6) is 0. The Balaban J connectivity index is 2.13. The van der Waals surface area contributed by atoms with Crippen LogP contribution in [0.25, 0.3) is 0 Å². The summed E-state index contributed by atoms with van der Waals surface area (Å²) in [5.41, 5.74) is 1.36. The molecule has 1 nitrogen and oxygen atoms in total. The zero-order valence-electron chi connectivity index (χ0n) is 7.76. The third-order valence-electron chi connectivity index (χ3n) is 2.65. The van der Waals surface area contributed by atoms with Crippen LogP contribution >= 0.6 is 11.6 Å². The van der Waals surface area contributed by atoms with Crippen molar-refractivity contribution in [3.8, 4) is 0 Å². The molecule has 1 aromatic carbocycles. The Labute approximate surface area is 84.1 Å². The maximum atomic E-state index is 5.83. The summed E-state index contributed by atoms with van der Waals surface area (Å²) in [6.07, 6.45) is 2.51. The van der Waals surface area contributed by atoms with E-state index in [9.17, 15) is 0 Å². The molecule has 1 aliphatic rings. The molecular formula is C11H14ClN. The Morgan fingerprint density at radius 2 is 1.92 bits per heavy atom. The maximum Gasteiger partial charge on any atom is 0.0406 e. The quantitative estimate of drug-likeness (QED) is 0.726. The van der Waals surface area contributed by atoms with Crippen LogP contribution in [0.3, 0.4) is 0 Å². The van der Waals surface area contributed by atoms with Crippen molar-refractivity contribution in [2.24, 2.45) is 0 Å². The van der Waals surface area contributed by atoms with E-state index in [1.54, 1.807) is 0 Å². The number of nitrogens with one attached hydrogen (secondary N) is 1. The van der Waals surface area contributed by atoms with E-state index in [1.807, 2.05) is 12.1 Å². The normalized spacial score (nSPS) is 27.8. The van der Waals surface area contributed by atoms with Crippen LogP contribution in [0.1, 0.15) is 31.4 Å². The number of rotatable bonds is 1. The van der Waals surface area contributed by atoms with Crippen molar-refractivity contribution in [1.29, 1.82) is 0 Å². The van der Waals surface area contributed by atoms with E-state index in [2.05, 4.69) is 24.4 Å². The smallest absolute Gasteiger partial charge is 0.0406 e. The molecule has 1 aliphatic heterocycles. The molecule has 0 radical (unpaired) electrons. The molecule has 1 aromatic rings. The molecule has 0 aromatic heterocycles. The van der Waals surface area contributed by atoms with Gasteiger partial charge in [0.1, 0.15) is 0 Å². The molecule has 70 valence electrons. The fraction of sp³-hybridized carbons (Fsp3) is 0.455. The van der Waals surface area contributed by atoms with E-state index in [-0.39, 0.29) is 0 Å². The third kappa shape index (κ3) is 2.04. The zero-order valence-corrected chi connectivity index (χ0v) is 8.51. The molecule has 0 saturated carbocycles. The minimum absolute atomic E-state index is 0.535. The molecule has 1 fully saturated rings. The van der Waals surface area contributed by atoms with Gasteiger partial charge < -0.3 is 5.32 Å². The van der Waals surface area contributed by atoms with E-state index in [0.717, 1.165) is 5.02 Å². The van der Waals surface area contributed by atoms with Gasteiger partial charge in [-0.25, -0.2) is 0 Å². The van der Waals surface area contributed by atoms with Crippen LogP contribution in [0, 0.1) is 0 Å². The summed E-state index contributed by atoms with van der Waals surface area (Å²) in [7, 11) is 0. The second-order valence-electron chi connectivity index (χ2n) is 3.75. The number of hydrogen-bond acceptors (Lipinski definition) is 1. The first kappa shape index (κ1) is 9.04. The van der Waals surface area contributed by atoms with Gasteiger partial charge in [0.15, 0.2) is 0 Å². The molecule has 1 heterocycles. The van der Waals surface area contributed by atoms with Crippen molar-refractivity contribution in [1.82, 2.24) is 5.32 Å². The van der Waals surface area contributed by atoms with Crippen LogP contribution in [0.5, 0.6) is 0 Å². The molecule has 1 saturated heterocycles. The summed E-state index contributed by atoms with van der Waals surface area (Å²) in [5, 5.41) is 4.36. The maximum absolute atomic E-state index is 5.83. The topological polar surface area (TPSA) is 12.0 Å². The highest BCUT2D eigenvalue weighted by Gasteiger charge is 2.20. The fourth-order valence-corrected chi connectivity index (χ4v) is 2.01. The summed E-state index contributed by atoms with van der Waals surface area (Å²) in [6, 6.07) is 9.33. The van der Waals surface area contributed by atoms with Gasteiger partial charge in [-0.1, -0.05) is 23.7 Å². The minimum atomic E-state index is 0.535. The average Bonchev–Trinajstić information content (AvgIpc) is 2.53.